The van der Waals surface area contributed by atoms with Crippen molar-refractivity contribution in [3.8, 4) is 11.1 Å². The zero-order chi connectivity index (χ0) is 20.9. The Hall–Kier alpha value is -1.33. The number of hydrogen-bond acceptors (Lipinski definition) is 0. The molecule has 0 aliphatic heterocycles. The summed E-state index contributed by atoms with van der Waals surface area (Å²) in [6.45, 7) is 16.8. The van der Waals surface area contributed by atoms with E-state index in [1.807, 2.05) is 3.28 Å². The van der Waals surface area contributed by atoms with E-state index in [0.717, 1.165) is 6.42 Å². The van der Waals surface area contributed by atoms with Gasteiger partial charge in [-0.1, -0.05) is 0 Å². The van der Waals surface area contributed by atoms with Gasteiger partial charge < -0.3 is 0 Å². The molecule has 1 atom stereocenters. The van der Waals surface area contributed by atoms with E-state index in [-0.39, 0.29) is 5.41 Å². The second-order valence-corrected chi connectivity index (χ2v) is 17.1. The Morgan fingerprint density at radius 1 is 0.897 bits per heavy atom. The van der Waals surface area contributed by atoms with Gasteiger partial charge in [0.25, 0.3) is 0 Å². The van der Waals surface area contributed by atoms with Gasteiger partial charge in [-0.05, 0) is 0 Å². The van der Waals surface area contributed by atoms with Crippen molar-refractivity contribution in [2.75, 3.05) is 0 Å². The first-order valence-electron chi connectivity index (χ1n) is 11.1. The number of hydrogen-bond donors (Lipinski definition) is 0. The molecule has 0 radical (unpaired) electrons. The van der Waals surface area contributed by atoms with E-state index in [9.17, 15) is 0 Å². The molecule has 1 unspecified atom stereocenters. The summed E-state index contributed by atoms with van der Waals surface area (Å²) in [5.74, 6) is 0.586. The molecule has 0 nitrogen and oxygen atoms in total. The van der Waals surface area contributed by atoms with Gasteiger partial charge in [-0.3, -0.25) is 0 Å². The maximum atomic E-state index is 2.60. The second kappa shape index (κ2) is 7.74. The fraction of sp³-hybridized carbons (Fsp3) is 0.393. The molecule has 0 amide bonds. The Morgan fingerprint density at radius 3 is 1.86 bits per heavy atom. The van der Waals surface area contributed by atoms with Gasteiger partial charge in [0.2, 0.25) is 0 Å². The third kappa shape index (κ3) is 3.44. The summed E-state index contributed by atoms with van der Waals surface area (Å²) in [6, 6.07) is 18.4. The van der Waals surface area contributed by atoms with E-state index >= 15 is 0 Å². The fourth-order valence-corrected chi connectivity index (χ4v) is 14.8. The number of fused-ring (bicyclic) bond motifs is 3. The van der Waals surface area contributed by atoms with Crippen molar-refractivity contribution in [3.63, 3.8) is 0 Å². The van der Waals surface area contributed by atoms with Gasteiger partial charge >= 0.3 is 186 Å². The van der Waals surface area contributed by atoms with Crippen molar-refractivity contribution in [3.05, 3.63) is 80.2 Å². The Morgan fingerprint density at radius 2 is 1.41 bits per heavy atom. The van der Waals surface area contributed by atoms with Crippen LogP contribution in [0, 0.1) is 11.3 Å². The molecule has 2 aliphatic carbocycles. The molecule has 29 heavy (non-hydrogen) atoms. The molecule has 0 N–H and O–H groups in total. The second-order valence-electron chi connectivity index (χ2n) is 9.89. The van der Waals surface area contributed by atoms with E-state index < -0.39 is 21.3 Å². The van der Waals surface area contributed by atoms with Crippen molar-refractivity contribution in [2.24, 2.45) is 11.3 Å². The van der Waals surface area contributed by atoms with Crippen LogP contribution in [0.4, 0.5) is 0 Å². The monoisotopic (exact) mass is 460 g/mol. The van der Waals surface area contributed by atoms with Crippen molar-refractivity contribution < 1.29 is 21.3 Å². The number of rotatable bonds is 3. The molecule has 2 aromatic carbocycles. The van der Waals surface area contributed by atoms with Crippen LogP contribution in [0.25, 0.3) is 11.1 Å². The zero-order valence-electron chi connectivity index (χ0n) is 19.1. The minimum atomic E-state index is -2.15. The summed E-state index contributed by atoms with van der Waals surface area (Å²) in [4.78, 5) is 0. The average molecular weight is 462 g/mol. The van der Waals surface area contributed by atoms with E-state index in [4.69, 9.17) is 0 Å². The fourth-order valence-electron chi connectivity index (χ4n) is 5.53. The third-order valence-corrected chi connectivity index (χ3v) is 15.5. The molecule has 1 heteroatoms. The Bertz CT molecular complexity index is 1010. The van der Waals surface area contributed by atoms with Gasteiger partial charge in [0.05, 0.1) is 0 Å². The van der Waals surface area contributed by atoms with Crippen LogP contribution in [0.2, 0.25) is 0 Å². The van der Waals surface area contributed by atoms with Crippen molar-refractivity contribution in [1.29, 1.82) is 0 Å². The maximum absolute atomic E-state index is 2.60. The zero-order valence-corrected chi connectivity index (χ0v) is 21.5. The van der Waals surface area contributed by atoms with Gasteiger partial charge in [-0.25, -0.2) is 0 Å². The summed E-state index contributed by atoms with van der Waals surface area (Å²) < 4.78 is 4.19. The quantitative estimate of drug-likeness (QED) is 0.436. The predicted molar refractivity (Wildman–Crippen MR) is 124 cm³/mol. The first-order chi connectivity index (χ1) is 13.8. The van der Waals surface area contributed by atoms with Gasteiger partial charge in [0.1, 0.15) is 0 Å². The van der Waals surface area contributed by atoms with Crippen LogP contribution in [-0.4, -0.2) is 3.21 Å². The van der Waals surface area contributed by atoms with Crippen LogP contribution in [0.15, 0.2) is 69.0 Å². The molecule has 150 valence electrons. The molecular weight excluding hydrogens is 428 g/mol. The van der Waals surface area contributed by atoms with Crippen LogP contribution in [0.3, 0.4) is 0 Å². The molecular formula is C28H34Zr. The van der Waals surface area contributed by atoms with Crippen molar-refractivity contribution in [1.82, 2.24) is 0 Å². The Labute approximate surface area is 184 Å². The van der Waals surface area contributed by atoms with Gasteiger partial charge in [0.15, 0.2) is 0 Å². The van der Waals surface area contributed by atoms with Crippen LogP contribution >= 0.6 is 0 Å². The van der Waals surface area contributed by atoms with Crippen molar-refractivity contribution in [2.45, 2.75) is 58.5 Å². The summed E-state index contributed by atoms with van der Waals surface area (Å²) in [7, 11) is 0. The molecule has 0 fully saturated rings. The predicted octanol–water partition coefficient (Wildman–Crippen LogP) is 7.87. The SMILES string of the molecule is CCC1=[C]([Zr](=[C](C)C)[CH]2c3ccccc3-c3ccccc32)C(C)C=C1C(C)(C)C. The number of benzene rings is 2. The van der Waals surface area contributed by atoms with Gasteiger partial charge in [-0.2, -0.15) is 0 Å². The van der Waals surface area contributed by atoms with E-state index in [0.29, 0.717) is 9.54 Å². The average Bonchev–Trinajstić information content (AvgIpc) is 3.18. The Balaban J connectivity index is 1.97. The molecule has 2 aromatic rings. The van der Waals surface area contributed by atoms with E-state index in [1.165, 1.54) is 11.1 Å². The van der Waals surface area contributed by atoms with Gasteiger partial charge in [0, 0.05) is 0 Å². The van der Waals surface area contributed by atoms with Gasteiger partial charge in [-0.15, -0.1) is 0 Å². The summed E-state index contributed by atoms with van der Waals surface area (Å²) >= 11 is -2.15. The van der Waals surface area contributed by atoms with E-state index in [2.05, 4.69) is 103 Å². The summed E-state index contributed by atoms with van der Waals surface area (Å²) in [6.07, 6.45) is 3.76. The third-order valence-electron chi connectivity index (χ3n) is 6.64. The normalized spacial score (nSPS) is 18.6. The molecule has 0 saturated heterocycles. The first-order valence-corrected chi connectivity index (χ1v) is 14.9. The van der Waals surface area contributed by atoms with Crippen LogP contribution in [-0.2, 0) is 21.3 Å². The van der Waals surface area contributed by atoms with Crippen LogP contribution in [0.1, 0.15) is 69.6 Å². The molecule has 0 heterocycles. The van der Waals surface area contributed by atoms with Crippen molar-refractivity contribution >= 4 is 3.21 Å². The molecule has 0 saturated carbocycles. The molecule has 0 bridgehead atoms. The van der Waals surface area contributed by atoms with Crippen LogP contribution < -0.4 is 0 Å². The Kier molecular flexibility index (Phi) is 5.58. The standard InChI is InChI=1S/C13H9.C12H19.C3H6.Zr/c1-3-7-12-10(5-1)9-11-6-2-4-8-13(11)12;1-6-10-7-9(2)8-11(10)12(3,4)5;1-3-2;/h1-9H;8-9H,6H2,1-5H3;1-2H3;. The van der Waals surface area contributed by atoms with Crippen LogP contribution in [0.5, 0.6) is 0 Å². The molecule has 0 spiro atoms. The van der Waals surface area contributed by atoms with E-state index in [1.54, 1.807) is 25.5 Å². The summed E-state index contributed by atoms with van der Waals surface area (Å²) in [5, 5.41) is 0. The number of allylic oxidation sites excluding steroid dienone is 4. The first kappa shape index (κ1) is 20.9. The topological polar surface area (TPSA) is 0 Å². The minimum absolute atomic E-state index is 0.225. The molecule has 4 rings (SSSR count). The summed E-state index contributed by atoms with van der Waals surface area (Å²) in [5.41, 5.74) is 9.65. The molecule has 0 aromatic heterocycles. The molecule has 2 aliphatic rings.